The molecule has 160 valence electrons. The van der Waals surface area contributed by atoms with Crippen LogP contribution < -0.4 is 19.7 Å². The summed E-state index contributed by atoms with van der Waals surface area (Å²) >= 11 is 0. The van der Waals surface area contributed by atoms with E-state index in [4.69, 9.17) is 14.2 Å². The van der Waals surface area contributed by atoms with Crippen molar-refractivity contribution in [1.29, 1.82) is 0 Å². The summed E-state index contributed by atoms with van der Waals surface area (Å²) in [4.78, 5) is 37.1. The van der Waals surface area contributed by atoms with Crippen LogP contribution in [-0.4, -0.2) is 52.1 Å². The number of rotatable bonds is 10. The van der Waals surface area contributed by atoms with Gasteiger partial charge in [-0.3, -0.25) is 9.59 Å². The van der Waals surface area contributed by atoms with E-state index in [9.17, 15) is 14.4 Å². The first-order valence-corrected chi connectivity index (χ1v) is 9.30. The molecule has 0 bridgehead atoms. The molecule has 0 fully saturated rings. The highest BCUT2D eigenvalue weighted by molar-refractivity contribution is 5.94. The zero-order valence-corrected chi connectivity index (χ0v) is 17.6. The molecule has 0 aromatic heterocycles. The van der Waals surface area contributed by atoms with Crippen molar-refractivity contribution in [2.45, 2.75) is 13.5 Å². The van der Waals surface area contributed by atoms with Gasteiger partial charge in [0, 0.05) is 31.9 Å². The number of ether oxygens (including phenoxy) is 3. The van der Waals surface area contributed by atoms with E-state index in [0.29, 0.717) is 23.6 Å². The molecule has 8 nitrogen and oxygen atoms in total. The second-order valence-corrected chi connectivity index (χ2v) is 6.71. The van der Waals surface area contributed by atoms with Crippen LogP contribution in [-0.2, 0) is 20.9 Å². The summed E-state index contributed by atoms with van der Waals surface area (Å²) in [6.07, 6.45) is 0. The third-order valence-electron chi connectivity index (χ3n) is 4.22. The number of esters is 1. The Morgan fingerprint density at radius 1 is 0.967 bits per heavy atom. The largest absolute Gasteiger partial charge is 0.493 e. The first-order valence-electron chi connectivity index (χ1n) is 9.30. The summed E-state index contributed by atoms with van der Waals surface area (Å²) < 4.78 is 15.5. The highest BCUT2D eigenvalue weighted by atomic mass is 16.6. The second-order valence-electron chi connectivity index (χ2n) is 6.71. The molecule has 1 amide bonds. The van der Waals surface area contributed by atoms with E-state index in [-0.39, 0.29) is 5.78 Å². The minimum atomic E-state index is -0.696. The lowest BCUT2D eigenvalue weighted by Gasteiger charge is -2.13. The second kappa shape index (κ2) is 10.8. The molecule has 2 rings (SSSR count). The third-order valence-corrected chi connectivity index (χ3v) is 4.22. The number of nitrogens with zero attached hydrogens (tertiary/aromatic N) is 1. The number of benzene rings is 2. The highest BCUT2D eigenvalue weighted by Gasteiger charge is 2.12. The molecule has 0 saturated carbocycles. The Balaban J connectivity index is 1.75. The van der Waals surface area contributed by atoms with Gasteiger partial charge in [0.25, 0.3) is 5.91 Å². The molecule has 30 heavy (non-hydrogen) atoms. The summed E-state index contributed by atoms with van der Waals surface area (Å²) in [6.45, 7) is 0.976. The molecule has 0 radical (unpaired) electrons. The van der Waals surface area contributed by atoms with Crippen LogP contribution in [0.3, 0.4) is 0 Å². The van der Waals surface area contributed by atoms with Crippen molar-refractivity contribution in [1.82, 2.24) is 5.32 Å². The van der Waals surface area contributed by atoms with E-state index in [2.05, 4.69) is 5.32 Å². The van der Waals surface area contributed by atoms with Crippen LogP contribution in [0, 0.1) is 0 Å². The SMILES string of the molecule is COc1cc(C(C)=O)ccc1OCC(=O)OCC(=O)NCc1ccc(N(C)C)cc1. The minimum absolute atomic E-state index is 0.112. The summed E-state index contributed by atoms with van der Waals surface area (Å²) in [7, 11) is 5.33. The van der Waals surface area contributed by atoms with Crippen molar-refractivity contribution in [3.8, 4) is 11.5 Å². The van der Waals surface area contributed by atoms with Gasteiger partial charge in [-0.2, -0.15) is 0 Å². The number of amides is 1. The smallest absolute Gasteiger partial charge is 0.344 e. The number of Topliss-reactive ketones (excluding diaryl/α,β-unsaturated/α-hetero) is 1. The molecule has 0 unspecified atom stereocenters. The predicted molar refractivity (Wildman–Crippen MR) is 112 cm³/mol. The third kappa shape index (κ3) is 6.80. The fourth-order valence-electron chi connectivity index (χ4n) is 2.49. The fourth-order valence-corrected chi connectivity index (χ4v) is 2.49. The topological polar surface area (TPSA) is 94.2 Å². The van der Waals surface area contributed by atoms with Crippen LogP contribution in [0.4, 0.5) is 5.69 Å². The van der Waals surface area contributed by atoms with E-state index in [1.54, 1.807) is 6.07 Å². The van der Waals surface area contributed by atoms with Gasteiger partial charge >= 0.3 is 5.97 Å². The van der Waals surface area contributed by atoms with Crippen LogP contribution in [0.25, 0.3) is 0 Å². The Hall–Kier alpha value is -3.55. The van der Waals surface area contributed by atoms with Crippen LogP contribution in [0.2, 0.25) is 0 Å². The zero-order chi connectivity index (χ0) is 22.1. The van der Waals surface area contributed by atoms with Crippen molar-refractivity contribution in [2.75, 3.05) is 39.3 Å². The molecule has 1 N–H and O–H groups in total. The minimum Gasteiger partial charge on any atom is -0.493 e. The van der Waals surface area contributed by atoms with Crippen LogP contribution in [0.1, 0.15) is 22.8 Å². The molecule has 2 aromatic carbocycles. The lowest BCUT2D eigenvalue weighted by Crippen LogP contribution is -2.29. The molecule has 0 saturated heterocycles. The van der Waals surface area contributed by atoms with Crippen LogP contribution >= 0.6 is 0 Å². The quantitative estimate of drug-likeness (QED) is 0.470. The van der Waals surface area contributed by atoms with Gasteiger partial charge in [0.15, 0.2) is 30.5 Å². The lowest BCUT2D eigenvalue weighted by atomic mass is 10.1. The van der Waals surface area contributed by atoms with Crippen molar-refractivity contribution in [3.05, 3.63) is 53.6 Å². The number of nitrogens with one attached hydrogen (secondary N) is 1. The Labute approximate surface area is 175 Å². The molecule has 0 aliphatic rings. The Morgan fingerprint density at radius 2 is 1.67 bits per heavy atom. The lowest BCUT2D eigenvalue weighted by molar-refractivity contribution is -0.150. The number of hydrogen-bond acceptors (Lipinski definition) is 7. The van der Waals surface area contributed by atoms with Crippen molar-refractivity contribution < 1.29 is 28.6 Å². The molecule has 8 heteroatoms. The van der Waals surface area contributed by atoms with E-state index in [0.717, 1.165) is 11.3 Å². The van der Waals surface area contributed by atoms with E-state index in [1.807, 2.05) is 43.3 Å². The molecule has 0 aliphatic heterocycles. The number of carbonyl (C=O) groups is 3. The van der Waals surface area contributed by atoms with Crippen LogP contribution in [0.5, 0.6) is 11.5 Å². The number of ketones is 1. The van der Waals surface area contributed by atoms with Gasteiger partial charge in [-0.1, -0.05) is 12.1 Å². The van der Waals surface area contributed by atoms with Gasteiger partial charge in [-0.15, -0.1) is 0 Å². The van der Waals surface area contributed by atoms with Gasteiger partial charge in [0.2, 0.25) is 0 Å². The van der Waals surface area contributed by atoms with Crippen LogP contribution in [0.15, 0.2) is 42.5 Å². The molecular formula is C22H26N2O6. The average Bonchev–Trinajstić information content (AvgIpc) is 2.74. The van der Waals surface area contributed by atoms with E-state index >= 15 is 0 Å². The molecular weight excluding hydrogens is 388 g/mol. The van der Waals surface area contributed by atoms with Crippen molar-refractivity contribution in [3.63, 3.8) is 0 Å². The number of carbonyl (C=O) groups excluding carboxylic acids is 3. The Bertz CT molecular complexity index is 893. The number of hydrogen-bond donors (Lipinski definition) is 1. The zero-order valence-electron chi connectivity index (χ0n) is 17.6. The maximum absolute atomic E-state index is 11.9. The summed E-state index contributed by atoms with van der Waals surface area (Å²) in [5.74, 6) is -0.598. The summed E-state index contributed by atoms with van der Waals surface area (Å²) in [6, 6.07) is 12.4. The fraction of sp³-hybridized carbons (Fsp3) is 0.318. The van der Waals surface area contributed by atoms with Gasteiger partial charge in [0.05, 0.1) is 7.11 Å². The summed E-state index contributed by atoms with van der Waals surface area (Å²) in [5.41, 5.74) is 2.46. The van der Waals surface area contributed by atoms with Gasteiger partial charge < -0.3 is 24.4 Å². The van der Waals surface area contributed by atoms with Gasteiger partial charge in [-0.05, 0) is 42.8 Å². The standard InChI is InChI=1S/C22H26N2O6/c1-15(25)17-7-10-19(20(11-17)28-4)29-14-22(27)30-13-21(26)23-12-16-5-8-18(9-6-16)24(2)3/h5-11H,12-14H2,1-4H3,(H,23,26). The Kier molecular flexibility index (Phi) is 8.22. The Morgan fingerprint density at radius 3 is 2.27 bits per heavy atom. The van der Waals surface area contributed by atoms with E-state index < -0.39 is 25.1 Å². The average molecular weight is 414 g/mol. The maximum Gasteiger partial charge on any atom is 0.344 e. The number of anilines is 1. The van der Waals surface area contributed by atoms with Crippen molar-refractivity contribution in [2.24, 2.45) is 0 Å². The molecule has 0 heterocycles. The van der Waals surface area contributed by atoms with E-state index in [1.165, 1.54) is 26.2 Å². The van der Waals surface area contributed by atoms with Gasteiger partial charge in [0.1, 0.15) is 0 Å². The first-order chi connectivity index (χ1) is 14.3. The van der Waals surface area contributed by atoms with Gasteiger partial charge in [-0.25, -0.2) is 4.79 Å². The normalized spacial score (nSPS) is 10.1. The molecule has 0 spiro atoms. The molecule has 0 aliphatic carbocycles. The van der Waals surface area contributed by atoms with Crippen molar-refractivity contribution >= 4 is 23.3 Å². The summed E-state index contributed by atoms with van der Waals surface area (Å²) in [5, 5.41) is 2.69. The highest BCUT2D eigenvalue weighted by Crippen LogP contribution is 2.28. The predicted octanol–water partition coefficient (Wildman–Crippen LogP) is 2.20. The maximum atomic E-state index is 11.9. The number of methoxy groups -OCH3 is 1. The first kappa shape index (κ1) is 22.7. The molecule has 2 aromatic rings. The molecule has 0 atom stereocenters. The monoisotopic (exact) mass is 414 g/mol.